The Balaban J connectivity index is 1.69. The first kappa shape index (κ1) is 11.7. The lowest BCUT2D eigenvalue weighted by Gasteiger charge is -2.24. The highest BCUT2D eigenvalue weighted by molar-refractivity contribution is 7.09. The number of nitrogens with one attached hydrogen (secondary N) is 1. The summed E-state index contributed by atoms with van der Waals surface area (Å²) >= 11 is 1.68. The van der Waals surface area contributed by atoms with Gasteiger partial charge in [0.25, 0.3) is 0 Å². The van der Waals surface area contributed by atoms with Crippen molar-refractivity contribution in [2.24, 2.45) is 5.92 Å². The van der Waals surface area contributed by atoms with Crippen molar-refractivity contribution in [3.8, 4) is 0 Å². The molecule has 0 bridgehead atoms. The Labute approximate surface area is 110 Å². The highest BCUT2D eigenvalue weighted by atomic mass is 32.1. The third-order valence-electron chi connectivity index (χ3n) is 3.50. The van der Waals surface area contributed by atoms with Crippen molar-refractivity contribution in [2.75, 3.05) is 6.54 Å². The van der Waals surface area contributed by atoms with Crippen LogP contribution < -0.4 is 5.32 Å². The summed E-state index contributed by atoms with van der Waals surface area (Å²) in [4.78, 5) is 26.8. The number of carbonyl (C=O) groups excluding carboxylic acids is 2. The smallest absolute Gasteiger partial charge is 0.228 e. The van der Waals surface area contributed by atoms with Crippen molar-refractivity contribution in [2.45, 2.75) is 31.8 Å². The molecule has 1 atom stereocenters. The molecule has 2 aliphatic rings. The van der Waals surface area contributed by atoms with Crippen LogP contribution in [-0.2, 0) is 16.1 Å². The molecular weight excluding hydrogens is 248 g/mol. The second kappa shape index (κ2) is 4.72. The summed E-state index contributed by atoms with van der Waals surface area (Å²) in [7, 11) is 0. The molecule has 0 spiro atoms. The zero-order valence-electron chi connectivity index (χ0n) is 10.1. The van der Waals surface area contributed by atoms with Gasteiger partial charge in [-0.15, -0.1) is 11.3 Å². The lowest BCUT2D eigenvalue weighted by Crippen LogP contribution is -2.38. The van der Waals surface area contributed by atoms with Gasteiger partial charge in [0, 0.05) is 23.9 Å². The minimum atomic E-state index is -0.155. The SMILES string of the molecule is O=C1CC(C(=O)N(Cc2cccs2)C2CC2)CN1. The Morgan fingerprint density at radius 3 is 2.89 bits per heavy atom. The molecule has 1 saturated carbocycles. The lowest BCUT2D eigenvalue weighted by molar-refractivity contribution is -0.137. The van der Waals surface area contributed by atoms with E-state index < -0.39 is 0 Å². The van der Waals surface area contributed by atoms with Crippen molar-refractivity contribution in [1.29, 1.82) is 0 Å². The number of nitrogens with zero attached hydrogens (tertiary/aromatic N) is 1. The summed E-state index contributed by atoms with van der Waals surface area (Å²) in [6.07, 6.45) is 2.56. The van der Waals surface area contributed by atoms with Crippen LogP contribution in [0.3, 0.4) is 0 Å². The van der Waals surface area contributed by atoms with Crippen LogP contribution in [0.25, 0.3) is 0 Å². The summed E-state index contributed by atoms with van der Waals surface area (Å²) in [6.45, 7) is 1.21. The van der Waals surface area contributed by atoms with Gasteiger partial charge in [0.15, 0.2) is 0 Å². The van der Waals surface area contributed by atoms with Gasteiger partial charge in [-0.25, -0.2) is 0 Å². The Bertz CT molecular complexity index is 454. The maximum Gasteiger partial charge on any atom is 0.228 e. The Morgan fingerprint density at radius 2 is 2.33 bits per heavy atom. The van der Waals surface area contributed by atoms with Gasteiger partial charge in [-0.2, -0.15) is 0 Å². The number of thiophene rings is 1. The molecule has 18 heavy (non-hydrogen) atoms. The standard InChI is InChI=1S/C13H16N2O2S/c16-12-6-9(7-14-12)13(17)15(10-3-4-10)8-11-2-1-5-18-11/h1-2,5,9-10H,3-4,6-8H2,(H,14,16). The molecule has 1 saturated heterocycles. The first-order valence-electron chi connectivity index (χ1n) is 6.33. The summed E-state index contributed by atoms with van der Waals surface area (Å²) in [6, 6.07) is 4.47. The van der Waals surface area contributed by atoms with E-state index in [0.717, 1.165) is 12.8 Å². The first-order chi connectivity index (χ1) is 8.74. The van der Waals surface area contributed by atoms with Gasteiger partial charge in [0.2, 0.25) is 11.8 Å². The van der Waals surface area contributed by atoms with Crippen molar-refractivity contribution in [3.05, 3.63) is 22.4 Å². The van der Waals surface area contributed by atoms with Gasteiger partial charge in [0.05, 0.1) is 12.5 Å². The van der Waals surface area contributed by atoms with Crippen LogP contribution >= 0.6 is 11.3 Å². The molecule has 1 N–H and O–H groups in total. The third kappa shape index (κ3) is 2.41. The molecule has 2 fully saturated rings. The molecule has 1 aliphatic heterocycles. The molecule has 2 amide bonds. The highest BCUT2D eigenvalue weighted by Gasteiger charge is 2.38. The van der Waals surface area contributed by atoms with Crippen LogP contribution in [0.4, 0.5) is 0 Å². The van der Waals surface area contributed by atoms with Gasteiger partial charge >= 0.3 is 0 Å². The van der Waals surface area contributed by atoms with Gasteiger partial charge in [-0.05, 0) is 24.3 Å². The van der Waals surface area contributed by atoms with Crippen molar-refractivity contribution >= 4 is 23.2 Å². The summed E-state index contributed by atoms with van der Waals surface area (Å²) in [5.74, 6) is -0.0115. The van der Waals surface area contributed by atoms with Gasteiger partial charge in [-0.1, -0.05) is 6.07 Å². The summed E-state index contributed by atoms with van der Waals surface area (Å²) in [5.41, 5.74) is 0. The second-order valence-corrected chi connectivity index (χ2v) is 6.01. The minimum Gasteiger partial charge on any atom is -0.355 e. The summed E-state index contributed by atoms with van der Waals surface area (Å²) in [5, 5.41) is 4.77. The normalized spacial score (nSPS) is 22.9. The van der Waals surface area contributed by atoms with Gasteiger partial charge in [-0.3, -0.25) is 9.59 Å². The number of amides is 2. The van der Waals surface area contributed by atoms with E-state index in [0.29, 0.717) is 25.6 Å². The quantitative estimate of drug-likeness (QED) is 0.893. The fourth-order valence-electron chi connectivity index (χ4n) is 2.36. The number of hydrogen-bond donors (Lipinski definition) is 1. The average molecular weight is 264 g/mol. The van der Waals surface area contributed by atoms with E-state index in [1.54, 1.807) is 11.3 Å². The van der Waals surface area contributed by atoms with Crippen molar-refractivity contribution in [1.82, 2.24) is 10.2 Å². The fourth-order valence-corrected chi connectivity index (χ4v) is 3.06. The maximum atomic E-state index is 12.4. The van der Waals surface area contributed by atoms with E-state index in [-0.39, 0.29) is 17.7 Å². The molecule has 0 aromatic carbocycles. The maximum absolute atomic E-state index is 12.4. The van der Waals surface area contributed by atoms with E-state index in [4.69, 9.17) is 0 Å². The zero-order chi connectivity index (χ0) is 12.5. The van der Waals surface area contributed by atoms with E-state index in [1.165, 1.54) is 4.88 Å². The Hall–Kier alpha value is -1.36. The Morgan fingerprint density at radius 1 is 1.50 bits per heavy atom. The molecule has 4 nitrogen and oxygen atoms in total. The van der Waals surface area contributed by atoms with Crippen molar-refractivity contribution < 1.29 is 9.59 Å². The zero-order valence-corrected chi connectivity index (χ0v) is 10.9. The van der Waals surface area contributed by atoms with E-state index in [2.05, 4.69) is 11.4 Å². The highest BCUT2D eigenvalue weighted by Crippen LogP contribution is 2.31. The van der Waals surface area contributed by atoms with Crippen LogP contribution in [0.5, 0.6) is 0 Å². The summed E-state index contributed by atoms with van der Waals surface area (Å²) < 4.78 is 0. The number of carbonyl (C=O) groups is 2. The van der Waals surface area contributed by atoms with E-state index in [9.17, 15) is 9.59 Å². The van der Waals surface area contributed by atoms with Gasteiger partial charge in [0.1, 0.15) is 0 Å². The molecule has 0 radical (unpaired) electrons. The monoisotopic (exact) mass is 264 g/mol. The van der Waals surface area contributed by atoms with Gasteiger partial charge < -0.3 is 10.2 Å². The molecule has 1 aromatic rings. The lowest BCUT2D eigenvalue weighted by atomic mass is 10.1. The number of rotatable bonds is 4. The largest absolute Gasteiger partial charge is 0.355 e. The van der Waals surface area contributed by atoms with E-state index >= 15 is 0 Å². The van der Waals surface area contributed by atoms with Crippen LogP contribution in [-0.4, -0.2) is 29.3 Å². The molecule has 3 rings (SSSR count). The molecule has 5 heteroatoms. The molecule has 1 aliphatic carbocycles. The fraction of sp³-hybridized carbons (Fsp3) is 0.538. The number of hydrogen-bond acceptors (Lipinski definition) is 3. The van der Waals surface area contributed by atoms with Crippen LogP contribution in [0.1, 0.15) is 24.1 Å². The second-order valence-electron chi connectivity index (χ2n) is 4.98. The van der Waals surface area contributed by atoms with E-state index in [1.807, 2.05) is 16.3 Å². The topological polar surface area (TPSA) is 49.4 Å². The molecular formula is C13H16N2O2S. The predicted octanol–water partition coefficient (Wildman–Crippen LogP) is 1.38. The van der Waals surface area contributed by atoms with Crippen LogP contribution in [0.15, 0.2) is 17.5 Å². The Kier molecular flexibility index (Phi) is 3.07. The average Bonchev–Trinajstić information content (AvgIpc) is 2.88. The van der Waals surface area contributed by atoms with Crippen molar-refractivity contribution in [3.63, 3.8) is 0 Å². The van der Waals surface area contributed by atoms with Crippen LogP contribution in [0.2, 0.25) is 0 Å². The molecule has 1 unspecified atom stereocenters. The van der Waals surface area contributed by atoms with Crippen LogP contribution in [0, 0.1) is 5.92 Å². The molecule has 2 heterocycles. The molecule has 96 valence electrons. The predicted molar refractivity (Wildman–Crippen MR) is 69.0 cm³/mol. The third-order valence-corrected chi connectivity index (χ3v) is 4.36. The molecule has 1 aromatic heterocycles. The minimum absolute atomic E-state index is 0.000204. The first-order valence-corrected chi connectivity index (χ1v) is 7.21.